The van der Waals surface area contributed by atoms with Crippen molar-refractivity contribution in [3.63, 3.8) is 0 Å². The summed E-state index contributed by atoms with van der Waals surface area (Å²) in [6, 6.07) is 13.9. The van der Waals surface area contributed by atoms with Gasteiger partial charge in [-0.05, 0) is 53.9 Å². The topological polar surface area (TPSA) is 90.8 Å². The van der Waals surface area contributed by atoms with E-state index in [0.29, 0.717) is 11.3 Å². The lowest BCUT2D eigenvalue weighted by atomic mass is 10.1. The first-order chi connectivity index (χ1) is 11.6. The van der Waals surface area contributed by atoms with Crippen LogP contribution in [0.1, 0.15) is 28.4 Å². The lowest BCUT2D eigenvalue weighted by Gasteiger charge is -2.06. The molecule has 0 aromatic heterocycles. The Kier molecular flexibility index (Phi) is 6.08. The van der Waals surface area contributed by atoms with E-state index >= 15 is 0 Å². The van der Waals surface area contributed by atoms with Gasteiger partial charge in [-0.2, -0.15) is 5.10 Å². The molecule has 0 bridgehead atoms. The van der Waals surface area contributed by atoms with E-state index in [1.165, 1.54) is 6.21 Å². The van der Waals surface area contributed by atoms with Gasteiger partial charge in [0.2, 0.25) is 0 Å². The molecule has 0 atom stereocenters. The van der Waals surface area contributed by atoms with Crippen molar-refractivity contribution in [1.82, 2.24) is 5.43 Å². The van der Waals surface area contributed by atoms with Crippen LogP contribution in [0.3, 0.4) is 0 Å². The Morgan fingerprint density at radius 3 is 2.38 bits per heavy atom. The molecule has 0 saturated carbocycles. The number of hydrazone groups is 1. The summed E-state index contributed by atoms with van der Waals surface area (Å²) in [6.07, 6.45) is 2.41. The van der Waals surface area contributed by atoms with Gasteiger partial charge in [0.25, 0.3) is 5.91 Å². The van der Waals surface area contributed by atoms with Gasteiger partial charge in [-0.25, -0.2) is 5.43 Å². The second-order valence-corrected chi connectivity index (χ2v) is 4.98. The van der Waals surface area contributed by atoms with Crippen LogP contribution in [-0.4, -0.2) is 24.7 Å². The largest absolute Gasteiger partial charge is 0.546 e. The minimum atomic E-state index is -1.28. The number of amides is 1. The van der Waals surface area contributed by atoms with E-state index in [1.807, 2.05) is 19.1 Å². The molecule has 0 saturated heterocycles. The van der Waals surface area contributed by atoms with Crippen LogP contribution in [0.5, 0.6) is 5.75 Å². The summed E-state index contributed by atoms with van der Waals surface area (Å²) in [6.45, 7) is 1.55. The molecule has 0 aliphatic heterocycles. The third kappa shape index (κ3) is 5.24. The molecule has 1 N–H and O–H groups in total. The molecule has 6 heteroatoms. The zero-order valence-electron chi connectivity index (χ0n) is 13.2. The number of carboxylic acid groups (broad SMARTS) is 1. The third-order valence-corrected chi connectivity index (χ3v) is 3.24. The molecule has 0 radical (unpaired) electrons. The number of nitrogens with one attached hydrogen (secondary N) is 1. The summed E-state index contributed by atoms with van der Waals surface area (Å²) in [7, 11) is 0. The van der Waals surface area contributed by atoms with E-state index in [0.717, 1.165) is 17.5 Å². The zero-order valence-corrected chi connectivity index (χ0v) is 13.2. The van der Waals surface area contributed by atoms with Crippen LogP contribution in [0, 0.1) is 0 Å². The Bertz CT molecular complexity index is 722. The van der Waals surface area contributed by atoms with E-state index in [4.69, 9.17) is 4.74 Å². The minimum Gasteiger partial charge on any atom is -0.546 e. The molecule has 1 amide bonds. The highest BCUT2D eigenvalue weighted by Gasteiger charge is 2.03. The molecule has 0 spiro atoms. The van der Waals surface area contributed by atoms with Gasteiger partial charge < -0.3 is 14.6 Å². The van der Waals surface area contributed by atoms with Crippen LogP contribution in [0.2, 0.25) is 0 Å². The lowest BCUT2D eigenvalue weighted by Crippen LogP contribution is -2.28. The average Bonchev–Trinajstić information content (AvgIpc) is 2.61. The molecule has 124 valence electrons. The predicted molar refractivity (Wildman–Crippen MR) is 87.8 cm³/mol. The number of aliphatic carboxylic acids is 1. The van der Waals surface area contributed by atoms with E-state index in [-0.39, 0.29) is 5.91 Å². The summed E-state index contributed by atoms with van der Waals surface area (Å²) in [5.41, 5.74) is 4.89. The summed E-state index contributed by atoms with van der Waals surface area (Å²) in [4.78, 5) is 22.2. The van der Waals surface area contributed by atoms with Gasteiger partial charge in [0.1, 0.15) is 12.4 Å². The van der Waals surface area contributed by atoms with E-state index in [9.17, 15) is 14.7 Å². The SMILES string of the molecule is CCc1ccc(C(=O)N/N=C\c2ccc(OCC(=O)[O-])cc2)cc1. The molecule has 0 heterocycles. The van der Waals surface area contributed by atoms with E-state index < -0.39 is 12.6 Å². The number of carbonyl (C=O) groups excluding carboxylic acids is 2. The number of carboxylic acids is 1. The average molecular weight is 325 g/mol. The van der Waals surface area contributed by atoms with Crippen molar-refractivity contribution in [2.45, 2.75) is 13.3 Å². The second-order valence-electron chi connectivity index (χ2n) is 4.98. The number of benzene rings is 2. The van der Waals surface area contributed by atoms with Gasteiger partial charge in [0, 0.05) is 5.56 Å². The Morgan fingerprint density at radius 2 is 1.79 bits per heavy atom. The lowest BCUT2D eigenvalue weighted by molar-refractivity contribution is -0.307. The van der Waals surface area contributed by atoms with Gasteiger partial charge in [-0.1, -0.05) is 19.1 Å². The first kappa shape index (κ1) is 17.2. The van der Waals surface area contributed by atoms with Crippen LogP contribution in [-0.2, 0) is 11.2 Å². The van der Waals surface area contributed by atoms with Crippen molar-refractivity contribution >= 4 is 18.1 Å². The number of carbonyl (C=O) groups is 2. The van der Waals surface area contributed by atoms with E-state index in [1.54, 1.807) is 36.4 Å². The highest BCUT2D eigenvalue weighted by atomic mass is 16.5. The van der Waals surface area contributed by atoms with Crippen molar-refractivity contribution in [2.75, 3.05) is 6.61 Å². The van der Waals surface area contributed by atoms with Crippen LogP contribution >= 0.6 is 0 Å². The highest BCUT2D eigenvalue weighted by Crippen LogP contribution is 2.10. The van der Waals surface area contributed by atoms with Gasteiger partial charge in [-0.15, -0.1) is 0 Å². The fraction of sp³-hybridized carbons (Fsp3) is 0.167. The Hall–Kier alpha value is -3.15. The van der Waals surface area contributed by atoms with Crippen LogP contribution in [0.25, 0.3) is 0 Å². The highest BCUT2D eigenvalue weighted by molar-refractivity contribution is 5.94. The molecule has 0 fully saturated rings. The molecule has 6 nitrogen and oxygen atoms in total. The van der Waals surface area contributed by atoms with Crippen molar-refractivity contribution in [3.8, 4) is 5.75 Å². The molecule has 2 aromatic carbocycles. The summed E-state index contributed by atoms with van der Waals surface area (Å²) >= 11 is 0. The third-order valence-electron chi connectivity index (χ3n) is 3.24. The number of ether oxygens (including phenoxy) is 1. The normalized spacial score (nSPS) is 10.5. The molecular weight excluding hydrogens is 308 g/mol. The van der Waals surface area contributed by atoms with Gasteiger partial charge in [-0.3, -0.25) is 4.79 Å². The summed E-state index contributed by atoms with van der Waals surface area (Å²) in [5, 5.41) is 14.2. The maximum absolute atomic E-state index is 11.9. The Balaban J connectivity index is 1.88. The molecular formula is C18H17N2O4-. The molecule has 0 aliphatic rings. The molecule has 0 unspecified atom stereocenters. The van der Waals surface area contributed by atoms with Crippen LogP contribution < -0.4 is 15.3 Å². The number of hydrogen-bond acceptors (Lipinski definition) is 5. The number of hydrogen-bond donors (Lipinski definition) is 1. The van der Waals surface area contributed by atoms with Gasteiger partial charge in [0.15, 0.2) is 0 Å². The van der Waals surface area contributed by atoms with Crippen LogP contribution in [0.15, 0.2) is 53.6 Å². The Morgan fingerprint density at radius 1 is 1.12 bits per heavy atom. The van der Waals surface area contributed by atoms with Crippen LogP contribution in [0.4, 0.5) is 0 Å². The van der Waals surface area contributed by atoms with Crippen molar-refractivity contribution < 1.29 is 19.4 Å². The molecule has 2 aromatic rings. The monoisotopic (exact) mass is 325 g/mol. The maximum Gasteiger partial charge on any atom is 0.271 e. The number of rotatable bonds is 7. The molecule has 2 rings (SSSR count). The van der Waals surface area contributed by atoms with E-state index in [2.05, 4.69) is 10.5 Å². The first-order valence-corrected chi connectivity index (χ1v) is 7.43. The van der Waals surface area contributed by atoms with Crippen molar-refractivity contribution in [2.24, 2.45) is 5.10 Å². The van der Waals surface area contributed by atoms with Gasteiger partial charge in [0.05, 0.1) is 12.2 Å². The predicted octanol–water partition coefficient (Wildman–Crippen LogP) is 1.14. The zero-order chi connectivity index (χ0) is 17.4. The minimum absolute atomic E-state index is 0.289. The number of aryl methyl sites for hydroxylation is 1. The fourth-order valence-corrected chi connectivity index (χ4v) is 1.91. The quantitative estimate of drug-likeness (QED) is 0.610. The maximum atomic E-state index is 11.9. The number of nitrogens with zero attached hydrogens (tertiary/aromatic N) is 1. The second kappa shape index (κ2) is 8.47. The van der Waals surface area contributed by atoms with Gasteiger partial charge >= 0.3 is 0 Å². The summed E-state index contributed by atoms with van der Waals surface area (Å²) < 4.78 is 4.97. The standard InChI is InChI=1S/C18H18N2O4/c1-2-13-3-7-15(8-4-13)18(23)20-19-11-14-5-9-16(10-6-14)24-12-17(21)22/h3-11H,2,12H2,1H3,(H,20,23)(H,21,22)/p-1/b19-11-. The van der Waals surface area contributed by atoms with Crippen molar-refractivity contribution in [3.05, 3.63) is 65.2 Å². The fourth-order valence-electron chi connectivity index (χ4n) is 1.91. The Labute approximate surface area is 139 Å². The smallest absolute Gasteiger partial charge is 0.271 e. The van der Waals surface area contributed by atoms with Crippen molar-refractivity contribution in [1.29, 1.82) is 0 Å². The molecule has 0 aliphatic carbocycles. The first-order valence-electron chi connectivity index (χ1n) is 7.43. The summed E-state index contributed by atoms with van der Waals surface area (Å²) in [5.74, 6) is -1.16. The molecule has 24 heavy (non-hydrogen) atoms.